The van der Waals surface area contributed by atoms with Gasteiger partial charge in [-0.1, -0.05) is 0 Å². The van der Waals surface area contributed by atoms with E-state index in [2.05, 4.69) is 24.4 Å². The highest BCUT2D eigenvalue weighted by atomic mass is 32.1. The van der Waals surface area contributed by atoms with Crippen LogP contribution < -0.4 is 11.1 Å². The van der Waals surface area contributed by atoms with Gasteiger partial charge in [0.2, 0.25) is 5.91 Å². The van der Waals surface area contributed by atoms with Crippen LogP contribution in [0.4, 0.5) is 0 Å². The Morgan fingerprint density at radius 2 is 2.17 bits per heavy atom. The molecule has 0 aliphatic rings. The van der Waals surface area contributed by atoms with Gasteiger partial charge in [-0.25, -0.2) is 0 Å². The highest BCUT2D eigenvalue weighted by Gasteiger charge is 2.19. The van der Waals surface area contributed by atoms with E-state index in [1.807, 2.05) is 25.8 Å². The van der Waals surface area contributed by atoms with Crippen molar-refractivity contribution in [2.75, 3.05) is 20.1 Å². The third-order valence-corrected chi connectivity index (χ3v) is 3.79. The van der Waals surface area contributed by atoms with Crippen molar-refractivity contribution in [2.24, 2.45) is 5.73 Å². The molecule has 3 N–H and O–H groups in total. The van der Waals surface area contributed by atoms with Crippen molar-refractivity contribution >= 4 is 17.2 Å². The van der Waals surface area contributed by atoms with E-state index in [1.165, 1.54) is 9.75 Å². The third-order valence-electron chi connectivity index (χ3n) is 2.69. The van der Waals surface area contributed by atoms with Crippen molar-refractivity contribution in [2.45, 2.75) is 32.9 Å². The lowest BCUT2D eigenvalue weighted by molar-refractivity contribution is -0.122. The molecule has 1 heterocycles. The van der Waals surface area contributed by atoms with Gasteiger partial charge in [0.1, 0.15) is 0 Å². The average Bonchev–Trinajstić information content (AvgIpc) is 2.64. The number of nitrogens with two attached hydrogens (primary N) is 1. The Labute approximate surface area is 113 Å². The molecule has 0 radical (unpaired) electrons. The van der Waals surface area contributed by atoms with Gasteiger partial charge in [-0.05, 0) is 40.0 Å². The maximum atomic E-state index is 11.7. The predicted octanol–water partition coefficient (Wildman–Crippen LogP) is 1.51. The van der Waals surface area contributed by atoms with Gasteiger partial charge in [0.05, 0.1) is 12.6 Å². The summed E-state index contributed by atoms with van der Waals surface area (Å²) in [7, 11) is 1.94. The molecule has 1 unspecified atom stereocenters. The molecular formula is C13H23N3OS. The molecule has 0 saturated heterocycles. The van der Waals surface area contributed by atoms with Gasteiger partial charge in [-0.15, -0.1) is 11.3 Å². The minimum atomic E-state index is 0.0410. The lowest BCUT2D eigenvalue weighted by atomic mass is 10.2. The normalized spacial score (nSPS) is 13.1. The van der Waals surface area contributed by atoms with Crippen LogP contribution in [0.25, 0.3) is 0 Å². The number of thiophene rings is 1. The molecular weight excluding hydrogens is 246 g/mol. The fourth-order valence-electron chi connectivity index (χ4n) is 1.85. The molecule has 0 spiro atoms. The van der Waals surface area contributed by atoms with E-state index >= 15 is 0 Å². The van der Waals surface area contributed by atoms with Crippen LogP contribution in [0.15, 0.2) is 12.1 Å². The molecule has 0 aromatic carbocycles. The van der Waals surface area contributed by atoms with E-state index in [-0.39, 0.29) is 18.0 Å². The van der Waals surface area contributed by atoms with Gasteiger partial charge in [-0.2, -0.15) is 0 Å². The lowest BCUT2D eigenvalue weighted by Gasteiger charge is -2.25. The van der Waals surface area contributed by atoms with Gasteiger partial charge < -0.3 is 11.1 Å². The number of likely N-dealkylation sites (N-methyl/N-ethyl adjacent to an activating group) is 1. The van der Waals surface area contributed by atoms with E-state index in [0.717, 1.165) is 0 Å². The lowest BCUT2D eigenvalue weighted by Crippen LogP contribution is -2.41. The number of amides is 1. The van der Waals surface area contributed by atoms with Crippen LogP contribution in [0, 0.1) is 6.92 Å². The zero-order chi connectivity index (χ0) is 13.7. The van der Waals surface area contributed by atoms with Crippen molar-refractivity contribution < 1.29 is 4.79 Å². The first kappa shape index (κ1) is 15.1. The summed E-state index contributed by atoms with van der Waals surface area (Å²) in [6.45, 7) is 6.89. The molecule has 0 fully saturated rings. The first-order chi connectivity index (χ1) is 8.43. The first-order valence-electron chi connectivity index (χ1n) is 6.20. The molecule has 5 heteroatoms. The van der Waals surface area contributed by atoms with Crippen LogP contribution in [-0.2, 0) is 4.79 Å². The SMILES string of the molecule is Cc1ccc(C(CN)N(C)CC(=O)NC(C)C)s1. The molecule has 1 amide bonds. The summed E-state index contributed by atoms with van der Waals surface area (Å²) in [5.41, 5.74) is 5.83. The highest BCUT2D eigenvalue weighted by molar-refractivity contribution is 7.12. The van der Waals surface area contributed by atoms with Crippen LogP contribution in [0.2, 0.25) is 0 Å². The Kier molecular flexibility index (Phi) is 5.78. The van der Waals surface area contributed by atoms with Crippen LogP contribution in [0.1, 0.15) is 29.6 Å². The second-order valence-corrected chi connectivity index (χ2v) is 6.16. The summed E-state index contributed by atoms with van der Waals surface area (Å²) in [5, 5.41) is 2.89. The minimum Gasteiger partial charge on any atom is -0.353 e. The summed E-state index contributed by atoms with van der Waals surface area (Å²) in [6.07, 6.45) is 0. The third kappa shape index (κ3) is 4.40. The van der Waals surface area contributed by atoms with Gasteiger partial charge >= 0.3 is 0 Å². The zero-order valence-corrected chi connectivity index (χ0v) is 12.4. The summed E-state index contributed by atoms with van der Waals surface area (Å²) in [4.78, 5) is 16.2. The summed E-state index contributed by atoms with van der Waals surface area (Å²) >= 11 is 1.74. The van der Waals surface area contributed by atoms with Gasteiger partial charge in [0, 0.05) is 22.3 Å². The smallest absolute Gasteiger partial charge is 0.234 e. The predicted molar refractivity (Wildman–Crippen MR) is 76.8 cm³/mol. The Morgan fingerprint density at radius 3 is 2.61 bits per heavy atom. The largest absolute Gasteiger partial charge is 0.353 e. The molecule has 1 atom stereocenters. The molecule has 1 aromatic rings. The van der Waals surface area contributed by atoms with Crippen molar-refractivity contribution in [3.8, 4) is 0 Å². The molecule has 0 saturated carbocycles. The van der Waals surface area contributed by atoms with Crippen molar-refractivity contribution in [3.63, 3.8) is 0 Å². The van der Waals surface area contributed by atoms with Crippen LogP contribution in [0.3, 0.4) is 0 Å². The monoisotopic (exact) mass is 269 g/mol. The fraction of sp³-hybridized carbons (Fsp3) is 0.615. The van der Waals surface area contributed by atoms with Crippen LogP contribution >= 0.6 is 11.3 Å². The Balaban J connectivity index is 2.62. The standard InChI is InChI=1S/C13H23N3OS/c1-9(2)15-13(17)8-16(4)11(7-14)12-6-5-10(3)18-12/h5-6,9,11H,7-8,14H2,1-4H3,(H,15,17). The molecule has 0 bridgehead atoms. The number of rotatable bonds is 6. The van der Waals surface area contributed by atoms with Crippen molar-refractivity contribution in [1.29, 1.82) is 0 Å². The van der Waals surface area contributed by atoms with Crippen molar-refractivity contribution in [1.82, 2.24) is 10.2 Å². The number of nitrogens with one attached hydrogen (secondary N) is 1. The number of nitrogens with zero attached hydrogens (tertiary/aromatic N) is 1. The summed E-state index contributed by atoms with van der Waals surface area (Å²) in [6, 6.07) is 4.46. The highest BCUT2D eigenvalue weighted by Crippen LogP contribution is 2.25. The fourth-order valence-corrected chi connectivity index (χ4v) is 2.91. The topological polar surface area (TPSA) is 58.4 Å². The number of hydrogen-bond acceptors (Lipinski definition) is 4. The Bertz CT molecular complexity index is 389. The van der Waals surface area contributed by atoms with Crippen LogP contribution in [0.5, 0.6) is 0 Å². The molecule has 18 heavy (non-hydrogen) atoms. The van der Waals surface area contributed by atoms with E-state index in [0.29, 0.717) is 13.1 Å². The van der Waals surface area contributed by atoms with Gasteiger partial charge in [-0.3, -0.25) is 9.69 Å². The second-order valence-electron chi connectivity index (χ2n) is 4.84. The molecule has 0 aliphatic carbocycles. The van der Waals surface area contributed by atoms with Crippen molar-refractivity contribution in [3.05, 3.63) is 21.9 Å². The van der Waals surface area contributed by atoms with Gasteiger partial charge in [0.25, 0.3) is 0 Å². The quantitative estimate of drug-likeness (QED) is 0.823. The summed E-state index contributed by atoms with van der Waals surface area (Å²) in [5.74, 6) is 0.0410. The number of hydrogen-bond donors (Lipinski definition) is 2. The first-order valence-corrected chi connectivity index (χ1v) is 7.01. The maximum Gasteiger partial charge on any atom is 0.234 e. The number of carbonyl (C=O) groups is 1. The Hall–Kier alpha value is -0.910. The second kappa shape index (κ2) is 6.87. The van der Waals surface area contributed by atoms with Gasteiger partial charge in [0.15, 0.2) is 0 Å². The maximum absolute atomic E-state index is 11.7. The zero-order valence-electron chi connectivity index (χ0n) is 11.6. The average molecular weight is 269 g/mol. The number of aryl methyl sites for hydroxylation is 1. The molecule has 1 rings (SSSR count). The Morgan fingerprint density at radius 1 is 1.50 bits per heavy atom. The van der Waals surface area contributed by atoms with Crippen LogP contribution in [-0.4, -0.2) is 37.0 Å². The number of carbonyl (C=O) groups excluding carboxylic acids is 1. The van der Waals surface area contributed by atoms with E-state index in [1.54, 1.807) is 11.3 Å². The minimum absolute atomic E-state index is 0.0410. The molecule has 0 aliphatic heterocycles. The van der Waals surface area contributed by atoms with E-state index in [4.69, 9.17) is 5.73 Å². The summed E-state index contributed by atoms with van der Waals surface area (Å²) < 4.78 is 0. The van der Waals surface area contributed by atoms with E-state index < -0.39 is 0 Å². The molecule has 1 aromatic heterocycles. The molecule has 102 valence electrons. The molecule has 4 nitrogen and oxygen atoms in total. The van der Waals surface area contributed by atoms with E-state index in [9.17, 15) is 4.79 Å².